The van der Waals surface area contributed by atoms with Gasteiger partial charge in [0.15, 0.2) is 11.5 Å². The Morgan fingerprint density at radius 1 is 1.14 bits per heavy atom. The van der Waals surface area contributed by atoms with Crippen molar-refractivity contribution in [1.29, 1.82) is 0 Å². The second kappa shape index (κ2) is 8.84. The molecule has 0 aliphatic carbocycles. The highest BCUT2D eigenvalue weighted by atomic mass is 32.1. The van der Waals surface area contributed by atoms with Gasteiger partial charge in [0.2, 0.25) is 0 Å². The van der Waals surface area contributed by atoms with Crippen LogP contribution in [0.5, 0.6) is 11.5 Å². The first-order valence-electron chi connectivity index (χ1n) is 9.90. The lowest BCUT2D eigenvalue weighted by atomic mass is 10.1. The van der Waals surface area contributed by atoms with Gasteiger partial charge < -0.3 is 19.7 Å². The second-order valence-electron chi connectivity index (χ2n) is 7.30. The average Bonchev–Trinajstić information content (AvgIpc) is 3.41. The summed E-state index contributed by atoms with van der Waals surface area (Å²) in [5.74, 6) is 1.20. The highest BCUT2D eigenvalue weighted by Crippen LogP contribution is 2.30. The molecule has 2 aromatic carbocycles. The number of hydrogen-bond acceptors (Lipinski definition) is 5. The van der Waals surface area contributed by atoms with Crippen molar-refractivity contribution in [2.24, 2.45) is 0 Å². The fraction of sp³-hybridized carbons (Fsp3) is 0.348. The van der Waals surface area contributed by atoms with Crippen LogP contribution in [0.2, 0.25) is 0 Å². The summed E-state index contributed by atoms with van der Waals surface area (Å²) >= 11 is 1.75. The minimum Gasteiger partial charge on any atom is -0.493 e. The molecule has 1 unspecified atom stereocenters. The Morgan fingerprint density at radius 2 is 1.97 bits per heavy atom. The topological polar surface area (TPSA) is 50.8 Å². The molecule has 3 aromatic rings. The number of amides is 1. The number of ether oxygens (including phenoxy) is 2. The van der Waals surface area contributed by atoms with Gasteiger partial charge in [-0.05, 0) is 55.1 Å². The van der Waals surface area contributed by atoms with E-state index >= 15 is 0 Å². The van der Waals surface area contributed by atoms with E-state index in [1.165, 1.54) is 15.0 Å². The van der Waals surface area contributed by atoms with Gasteiger partial charge >= 0.3 is 0 Å². The van der Waals surface area contributed by atoms with Gasteiger partial charge in [-0.25, -0.2) is 0 Å². The maximum Gasteiger partial charge on any atom is 0.254 e. The first-order valence-corrected chi connectivity index (χ1v) is 10.7. The van der Waals surface area contributed by atoms with E-state index in [0.717, 1.165) is 19.4 Å². The van der Waals surface area contributed by atoms with Gasteiger partial charge in [0.1, 0.15) is 0 Å². The maximum absolute atomic E-state index is 13.4. The Labute approximate surface area is 175 Å². The lowest BCUT2D eigenvalue weighted by Gasteiger charge is -2.26. The number of fused-ring (bicyclic) bond motifs is 1. The molecule has 6 heteroatoms. The first kappa shape index (κ1) is 19.7. The van der Waals surface area contributed by atoms with Crippen molar-refractivity contribution in [1.82, 2.24) is 10.2 Å². The van der Waals surface area contributed by atoms with Gasteiger partial charge in [0.05, 0.1) is 20.8 Å². The average molecular weight is 411 g/mol. The fourth-order valence-corrected chi connectivity index (χ4v) is 4.93. The molecule has 1 fully saturated rings. The van der Waals surface area contributed by atoms with Crippen LogP contribution in [-0.2, 0) is 6.54 Å². The minimum absolute atomic E-state index is 0.0112. The van der Waals surface area contributed by atoms with Gasteiger partial charge in [-0.15, -0.1) is 11.3 Å². The number of methoxy groups -OCH3 is 2. The van der Waals surface area contributed by atoms with Crippen LogP contribution in [0.15, 0.2) is 48.5 Å². The number of benzene rings is 2. The van der Waals surface area contributed by atoms with Crippen LogP contribution < -0.4 is 14.8 Å². The van der Waals surface area contributed by atoms with Crippen molar-refractivity contribution < 1.29 is 14.3 Å². The monoisotopic (exact) mass is 410 g/mol. The predicted molar refractivity (Wildman–Crippen MR) is 117 cm³/mol. The summed E-state index contributed by atoms with van der Waals surface area (Å²) in [7, 11) is 3.18. The normalized spacial score (nSPS) is 16.1. The van der Waals surface area contributed by atoms with Gasteiger partial charge in [0.25, 0.3) is 5.91 Å². The number of nitrogens with zero attached hydrogens (tertiary/aromatic N) is 1. The third-order valence-corrected chi connectivity index (χ3v) is 6.44. The Kier molecular flexibility index (Phi) is 6.02. The Morgan fingerprint density at radius 3 is 2.69 bits per heavy atom. The zero-order valence-corrected chi connectivity index (χ0v) is 17.6. The summed E-state index contributed by atoms with van der Waals surface area (Å²) in [6, 6.07) is 16.2. The van der Waals surface area contributed by atoms with Crippen molar-refractivity contribution in [3.63, 3.8) is 0 Å². The number of carbonyl (C=O) groups is 1. The van der Waals surface area contributed by atoms with E-state index < -0.39 is 0 Å². The van der Waals surface area contributed by atoms with Crippen molar-refractivity contribution in [2.75, 3.05) is 27.3 Å². The summed E-state index contributed by atoms with van der Waals surface area (Å²) in [5, 5.41) is 4.74. The minimum atomic E-state index is 0.0112. The summed E-state index contributed by atoms with van der Waals surface area (Å²) in [6.07, 6.45) is 2.26. The highest BCUT2D eigenvalue weighted by molar-refractivity contribution is 7.19. The summed E-state index contributed by atoms with van der Waals surface area (Å²) < 4.78 is 12.0. The van der Waals surface area contributed by atoms with Crippen molar-refractivity contribution in [3.05, 3.63) is 59.0 Å². The Bertz CT molecular complexity index is 962. The van der Waals surface area contributed by atoms with Gasteiger partial charge in [-0.2, -0.15) is 0 Å². The summed E-state index contributed by atoms with van der Waals surface area (Å²) in [6.45, 7) is 2.32. The quantitative estimate of drug-likeness (QED) is 0.631. The molecular weight excluding hydrogens is 384 g/mol. The van der Waals surface area contributed by atoms with E-state index in [4.69, 9.17) is 9.47 Å². The molecule has 2 heterocycles. The van der Waals surface area contributed by atoms with E-state index in [1.807, 2.05) is 17.0 Å². The highest BCUT2D eigenvalue weighted by Gasteiger charge is 2.24. The van der Waals surface area contributed by atoms with E-state index in [-0.39, 0.29) is 5.91 Å². The van der Waals surface area contributed by atoms with E-state index in [1.54, 1.807) is 37.7 Å². The smallest absolute Gasteiger partial charge is 0.254 e. The molecule has 1 aliphatic heterocycles. The van der Waals surface area contributed by atoms with Crippen molar-refractivity contribution in [2.45, 2.75) is 25.4 Å². The summed E-state index contributed by atoms with van der Waals surface area (Å²) in [4.78, 5) is 16.6. The van der Waals surface area contributed by atoms with E-state index in [0.29, 0.717) is 36.2 Å². The van der Waals surface area contributed by atoms with Crippen LogP contribution in [-0.4, -0.2) is 44.2 Å². The SMILES string of the molecule is COc1ccc(C(=O)N(Cc2cc3ccccc3s2)CC2CCCN2)cc1OC. The predicted octanol–water partition coefficient (Wildman–Crippen LogP) is 4.31. The molecule has 0 saturated carbocycles. The largest absolute Gasteiger partial charge is 0.493 e. The van der Waals surface area contributed by atoms with Crippen LogP contribution >= 0.6 is 11.3 Å². The lowest BCUT2D eigenvalue weighted by molar-refractivity contribution is 0.0730. The van der Waals surface area contributed by atoms with Gasteiger partial charge in [0, 0.05) is 27.7 Å². The molecule has 1 atom stereocenters. The molecule has 1 aromatic heterocycles. The van der Waals surface area contributed by atoms with Crippen LogP contribution in [0.4, 0.5) is 0 Å². The van der Waals surface area contributed by atoms with E-state index in [2.05, 4.69) is 29.6 Å². The Hall–Kier alpha value is -2.57. The zero-order chi connectivity index (χ0) is 20.2. The molecule has 1 amide bonds. The molecule has 29 heavy (non-hydrogen) atoms. The van der Waals surface area contributed by atoms with Crippen LogP contribution in [0.3, 0.4) is 0 Å². The number of hydrogen-bond donors (Lipinski definition) is 1. The van der Waals surface area contributed by atoms with Crippen molar-refractivity contribution in [3.8, 4) is 11.5 Å². The third-order valence-electron chi connectivity index (χ3n) is 5.34. The second-order valence-corrected chi connectivity index (χ2v) is 8.47. The van der Waals surface area contributed by atoms with E-state index in [9.17, 15) is 4.79 Å². The first-order chi connectivity index (χ1) is 14.2. The maximum atomic E-state index is 13.4. The number of thiophene rings is 1. The molecule has 0 bridgehead atoms. The number of rotatable bonds is 7. The molecule has 152 valence electrons. The summed E-state index contributed by atoms with van der Waals surface area (Å²) in [5.41, 5.74) is 0.613. The zero-order valence-electron chi connectivity index (χ0n) is 16.8. The van der Waals surface area contributed by atoms with Crippen LogP contribution in [0, 0.1) is 0 Å². The molecule has 1 N–H and O–H groups in total. The molecular formula is C23H26N2O3S. The molecule has 4 rings (SSSR count). The standard InChI is InChI=1S/C23H26N2O3S/c1-27-20-10-9-17(13-21(20)28-2)23(26)25(14-18-7-5-11-24-18)15-19-12-16-6-3-4-8-22(16)29-19/h3-4,6,8-10,12-13,18,24H,5,7,11,14-15H2,1-2H3. The van der Waals surface area contributed by atoms with Crippen LogP contribution in [0.25, 0.3) is 10.1 Å². The Balaban J connectivity index is 1.61. The molecule has 0 spiro atoms. The van der Waals surface area contributed by atoms with Gasteiger partial charge in [-0.1, -0.05) is 18.2 Å². The van der Waals surface area contributed by atoms with Crippen LogP contribution in [0.1, 0.15) is 28.1 Å². The molecule has 0 radical (unpaired) electrons. The third kappa shape index (κ3) is 4.38. The number of nitrogens with one attached hydrogen (secondary N) is 1. The molecule has 1 aliphatic rings. The van der Waals surface area contributed by atoms with Crippen molar-refractivity contribution >= 4 is 27.3 Å². The number of carbonyl (C=O) groups excluding carboxylic acids is 1. The lowest BCUT2D eigenvalue weighted by Crippen LogP contribution is -2.40. The molecule has 5 nitrogen and oxygen atoms in total. The molecule has 1 saturated heterocycles. The van der Waals surface area contributed by atoms with Gasteiger partial charge in [-0.3, -0.25) is 4.79 Å². The fourth-order valence-electron chi connectivity index (χ4n) is 3.85.